The molecule has 0 saturated carbocycles. The van der Waals surface area contributed by atoms with Crippen molar-refractivity contribution in [1.82, 2.24) is 9.55 Å². The van der Waals surface area contributed by atoms with Crippen LogP contribution in [0.5, 0.6) is 0 Å². The number of hydrogen-bond acceptors (Lipinski definition) is 1. The van der Waals surface area contributed by atoms with E-state index in [1.165, 1.54) is 5.69 Å². The van der Waals surface area contributed by atoms with Crippen molar-refractivity contribution in [2.75, 3.05) is 0 Å². The minimum atomic E-state index is 0. The average molecular weight is 135 g/mol. The Kier molecular flexibility index (Phi) is 2.70. The maximum atomic E-state index is 4.27. The van der Waals surface area contributed by atoms with E-state index in [0.717, 1.165) is 11.5 Å². The molecule has 0 aromatic carbocycles. The van der Waals surface area contributed by atoms with Gasteiger partial charge in [-0.3, -0.25) is 0 Å². The summed E-state index contributed by atoms with van der Waals surface area (Å²) >= 11 is 0. The molecule has 0 amide bonds. The SMILES string of the molecule is Cc1nc(C)n(C)c1C.[B]. The highest BCUT2D eigenvalue weighted by atomic mass is 15.1. The van der Waals surface area contributed by atoms with E-state index in [-0.39, 0.29) is 8.41 Å². The van der Waals surface area contributed by atoms with E-state index in [0.29, 0.717) is 0 Å². The van der Waals surface area contributed by atoms with Crippen LogP contribution >= 0.6 is 0 Å². The fraction of sp³-hybridized carbons (Fsp3) is 0.571. The molecule has 0 aliphatic heterocycles. The summed E-state index contributed by atoms with van der Waals surface area (Å²) in [5.74, 6) is 1.09. The van der Waals surface area contributed by atoms with Crippen LogP contribution < -0.4 is 0 Å². The van der Waals surface area contributed by atoms with Crippen molar-refractivity contribution in [1.29, 1.82) is 0 Å². The number of imidazole rings is 1. The van der Waals surface area contributed by atoms with E-state index in [9.17, 15) is 0 Å². The summed E-state index contributed by atoms with van der Waals surface area (Å²) in [5, 5.41) is 0. The first-order valence-corrected chi connectivity index (χ1v) is 3.09. The lowest BCUT2D eigenvalue weighted by atomic mass is 10.4. The number of aryl methyl sites for hydroxylation is 2. The molecular weight excluding hydrogens is 123 g/mol. The maximum Gasteiger partial charge on any atom is 0.105 e. The predicted molar refractivity (Wildman–Crippen MR) is 43.2 cm³/mol. The Morgan fingerprint density at radius 1 is 1.20 bits per heavy atom. The molecule has 1 aromatic rings. The highest BCUT2D eigenvalue weighted by Gasteiger charge is 2.00. The number of rotatable bonds is 0. The molecule has 0 aliphatic rings. The van der Waals surface area contributed by atoms with Crippen molar-refractivity contribution in [3.8, 4) is 0 Å². The third-order valence-corrected chi connectivity index (χ3v) is 1.84. The Morgan fingerprint density at radius 3 is 1.80 bits per heavy atom. The molecule has 1 rings (SSSR count). The van der Waals surface area contributed by atoms with Crippen molar-refractivity contribution in [3.63, 3.8) is 0 Å². The van der Waals surface area contributed by atoms with Gasteiger partial charge >= 0.3 is 0 Å². The van der Waals surface area contributed by atoms with Gasteiger partial charge < -0.3 is 4.57 Å². The van der Waals surface area contributed by atoms with Crippen LogP contribution in [0.25, 0.3) is 0 Å². The van der Waals surface area contributed by atoms with Gasteiger partial charge in [0.25, 0.3) is 0 Å². The highest BCUT2D eigenvalue weighted by molar-refractivity contribution is 5.75. The predicted octanol–water partition coefficient (Wildman–Crippen LogP) is 0.965. The lowest BCUT2D eigenvalue weighted by Crippen LogP contribution is -1.92. The second-order valence-electron chi connectivity index (χ2n) is 2.39. The first-order chi connectivity index (χ1) is 4.13. The molecule has 0 saturated heterocycles. The molecule has 0 unspecified atom stereocenters. The minimum Gasteiger partial charge on any atom is -0.335 e. The van der Waals surface area contributed by atoms with Gasteiger partial charge in [0.15, 0.2) is 0 Å². The van der Waals surface area contributed by atoms with Crippen LogP contribution in [0, 0.1) is 20.8 Å². The Morgan fingerprint density at radius 2 is 1.70 bits per heavy atom. The van der Waals surface area contributed by atoms with Gasteiger partial charge in [0.1, 0.15) is 5.82 Å². The first-order valence-electron chi connectivity index (χ1n) is 3.09. The molecule has 53 valence electrons. The zero-order valence-corrected chi connectivity index (χ0v) is 6.97. The minimum absolute atomic E-state index is 0. The summed E-state index contributed by atoms with van der Waals surface area (Å²) in [6, 6.07) is 0. The Balaban J connectivity index is 0.000000810. The van der Waals surface area contributed by atoms with Crippen molar-refractivity contribution in [2.24, 2.45) is 7.05 Å². The van der Waals surface area contributed by atoms with E-state index < -0.39 is 0 Å². The van der Waals surface area contributed by atoms with Crippen LogP contribution in [0.3, 0.4) is 0 Å². The van der Waals surface area contributed by atoms with Gasteiger partial charge in [0.05, 0.1) is 5.69 Å². The molecule has 0 aliphatic carbocycles. The third-order valence-electron chi connectivity index (χ3n) is 1.84. The highest BCUT2D eigenvalue weighted by Crippen LogP contribution is 2.05. The van der Waals surface area contributed by atoms with Gasteiger partial charge in [0.2, 0.25) is 0 Å². The molecule has 0 spiro atoms. The summed E-state index contributed by atoms with van der Waals surface area (Å²) < 4.78 is 2.09. The van der Waals surface area contributed by atoms with E-state index in [4.69, 9.17) is 0 Å². The van der Waals surface area contributed by atoms with Gasteiger partial charge in [-0.2, -0.15) is 0 Å². The molecule has 1 heterocycles. The largest absolute Gasteiger partial charge is 0.335 e. The zero-order chi connectivity index (χ0) is 7.02. The summed E-state index contributed by atoms with van der Waals surface area (Å²) in [7, 11) is 2.03. The van der Waals surface area contributed by atoms with Crippen molar-refractivity contribution in [2.45, 2.75) is 20.8 Å². The molecule has 0 bridgehead atoms. The Hall–Kier alpha value is -0.725. The Labute approximate surface area is 63.9 Å². The van der Waals surface area contributed by atoms with E-state index in [1.807, 2.05) is 20.9 Å². The number of hydrogen-bond donors (Lipinski definition) is 0. The topological polar surface area (TPSA) is 17.8 Å². The van der Waals surface area contributed by atoms with Gasteiger partial charge in [-0.15, -0.1) is 0 Å². The van der Waals surface area contributed by atoms with Gasteiger partial charge in [-0.1, -0.05) is 0 Å². The van der Waals surface area contributed by atoms with Crippen LogP contribution in [0.4, 0.5) is 0 Å². The van der Waals surface area contributed by atoms with Crippen molar-refractivity contribution < 1.29 is 0 Å². The van der Waals surface area contributed by atoms with Crippen LogP contribution in [0.15, 0.2) is 0 Å². The monoisotopic (exact) mass is 135 g/mol. The molecule has 3 heteroatoms. The summed E-state index contributed by atoms with van der Waals surface area (Å²) in [6.45, 7) is 6.12. The van der Waals surface area contributed by atoms with Crippen LogP contribution in [0.1, 0.15) is 17.2 Å². The fourth-order valence-corrected chi connectivity index (χ4v) is 0.884. The summed E-state index contributed by atoms with van der Waals surface area (Å²) in [5.41, 5.74) is 2.39. The van der Waals surface area contributed by atoms with Crippen molar-refractivity contribution in [3.05, 3.63) is 17.2 Å². The summed E-state index contributed by atoms with van der Waals surface area (Å²) in [6.07, 6.45) is 0. The molecule has 0 N–H and O–H groups in total. The number of nitrogens with zero attached hydrogens (tertiary/aromatic N) is 2. The van der Waals surface area contributed by atoms with Crippen molar-refractivity contribution >= 4 is 8.41 Å². The molecule has 0 fully saturated rings. The van der Waals surface area contributed by atoms with E-state index >= 15 is 0 Å². The third kappa shape index (κ3) is 1.23. The summed E-state index contributed by atoms with van der Waals surface area (Å²) in [4.78, 5) is 4.27. The normalized spacial score (nSPS) is 9.20. The second-order valence-corrected chi connectivity index (χ2v) is 2.39. The number of aromatic nitrogens is 2. The average Bonchev–Trinajstić information content (AvgIpc) is 1.98. The molecule has 0 atom stereocenters. The molecule has 3 radical (unpaired) electrons. The maximum absolute atomic E-state index is 4.27. The van der Waals surface area contributed by atoms with Gasteiger partial charge in [-0.25, -0.2) is 4.98 Å². The smallest absolute Gasteiger partial charge is 0.105 e. The van der Waals surface area contributed by atoms with Gasteiger partial charge in [0, 0.05) is 21.2 Å². The van der Waals surface area contributed by atoms with Crippen LogP contribution in [0.2, 0.25) is 0 Å². The standard InChI is InChI=1S/C7H12N2.B/c1-5-6(2)9(4)7(3)8-5;/h1-4H3;. The van der Waals surface area contributed by atoms with E-state index in [1.54, 1.807) is 0 Å². The lowest BCUT2D eigenvalue weighted by Gasteiger charge is -1.94. The molecular formula is C7H12BN2. The lowest BCUT2D eigenvalue weighted by molar-refractivity contribution is 0.827. The van der Waals surface area contributed by atoms with Gasteiger partial charge in [-0.05, 0) is 20.8 Å². The first kappa shape index (κ1) is 9.27. The zero-order valence-electron chi connectivity index (χ0n) is 6.97. The van der Waals surface area contributed by atoms with E-state index in [2.05, 4.69) is 16.5 Å². The van der Waals surface area contributed by atoms with Crippen LogP contribution in [-0.4, -0.2) is 18.0 Å². The second kappa shape index (κ2) is 2.91. The molecule has 10 heavy (non-hydrogen) atoms. The molecule has 1 aromatic heterocycles. The molecule has 2 nitrogen and oxygen atoms in total. The Bertz CT molecular complexity index is 205. The quantitative estimate of drug-likeness (QED) is 0.484. The fourth-order valence-electron chi connectivity index (χ4n) is 0.884. The van der Waals surface area contributed by atoms with Crippen LogP contribution in [-0.2, 0) is 7.05 Å².